The maximum absolute atomic E-state index is 13.1. The molecule has 3 aromatic rings. The molecule has 146 valence electrons. The van der Waals surface area contributed by atoms with E-state index in [1.54, 1.807) is 0 Å². The Morgan fingerprint density at radius 2 is 1.66 bits per heavy atom. The van der Waals surface area contributed by atoms with Crippen LogP contribution < -0.4 is 0 Å². The van der Waals surface area contributed by atoms with Gasteiger partial charge >= 0.3 is 5.97 Å². The van der Waals surface area contributed by atoms with E-state index in [2.05, 4.69) is 43.3 Å². The van der Waals surface area contributed by atoms with Crippen LogP contribution in [-0.4, -0.2) is 17.5 Å². The van der Waals surface area contributed by atoms with Gasteiger partial charge in [0.1, 0.15) is 17.1 Å². The van der Waals surface area contributed by atoms with E-state index < -0.39 is 5.60 Å². The molecule has 1 fully saturated rings. The molecule has 1 saturated heterocycles. The van der Waals surface area contributed by atoms with E-state index in [0.29, 0.717) is 16.5 Å². The summed E-state index contributed by atoms with van der Waals surface area (Å²) in [5.74, 6) is 2.34. The van der Waals surface area contributed by atoms with Crippen molar-refractivity contribution in [3.63, 3.8) is 0 Å². The van der Waals surface area contributed by atoms with Crippen molar-refractivity contribution in [3.8, 4) is 0 Å². The first-order chi connectivity index (χ1) is 14.1. The number of esters is 1. The molecular formula is C26H25O2S+. The lowest BCUT2D eigenvalue weighted by Gasteiger charge is -2.34. The number of fused-ring (bicyclic) bond motifs is 2. The van der Waals surface area contributed by atoms with Gasteiger partial charge < -0.3 is 4.74 Å². The lowest BCUT2D eigenvalue weighted by Crippen LogP contribution is -2.32. The lowest BCUT2D eigenvalue weighted by atomic mass is 9.84. The fourth-order valence-corrected chi connectivity index (χ4v) is 7.05. The van der Waals surface area contributed by atoms with Gasteiger partial charge in [0.15, 0.2) is 4.91 Å². The van der Waals surface area contributed by atoms with Crippen LogP contribution in [0.15, 0.2) is 72.8 Å². The van der Waals surface area contributed by atoms with E-state index in [1.807, 2.05) is 36.4 Å². The topological polar surface area (TPSA) is 26.3 Å². The standard InChI is InChI=1S/C26H25O2S/c1-26(28-25(27)21-13-12-19-8-2-3-9-20(19)18-21)15-14-24(29-16-6-7-17-29)22-10-4-5-11-23(22)26/h2-5,8-14,18H,6-7,15-17H2,1H3/q+1. The van der Waals surface area contributed by atoms with Crippen molar-refractivity contribution in [3.05, 3.63) is 89.5 Å². The zero-order valence-corrected chi connectivity index (χ0v) is 17.5. The highest BCUT2D eigenvalue weighted by molar-refractivity contribution is 8.05. The first-order valence-corrected chi connectivity index (χ1v) is 11.9. The Morgan fingerprint density at radius 1 is 0.931 bits per heavy atom. The highest BCUT2D eigenvalue weighted by Crippen LogP contribution is 2.44. The normalized spacial score (nSPS) is 21.6. The van der Waals surface area contributed by atoms with Crippen LogP contribution in [0, 0.1) is 0 Å². The van der Waals surface area contributed by atoms with Crippen LogP contribution in [0.4, 0.5) is 0 Å². The minimum Gasteiger partial charge on any atom is -0.451 e. The number of hydrogen-bond acceptors (Lipinski definition) is 2. The lowest BCUT2D eigenvalue weighted by molar-refractivity contribution is -0.0113. The van der Waals surface area contributed by atoms with Gasteiger partial charge in [-0.2, -0.15) is 0 Å². The van der Waals surface area contributed by atoms with Crippen LogP contribution in [0.25, 0.3) is 15.7 Å². The number of hydrogen-bond donors (Lipinski definition) is 0. The molecule has 1 unspecified atom stereocenters. The van der Waals surface area contributed by atoms with Gasteiger partial charge in [0, 0.05) is 28.4 Å². The van der Waals surface area contributed by atoms with Gasteiger partial charge in [0.2, 0.25) is 0 Å². The summed E-state index contributed by atoms with van der Waals surface area (Å²) in [7, 11) is 0.348. The zero-order valence-electron chi connectivity index (χ0n) is 16.7. The molecule has 1 aliphatic heterocycles. The van der Waals surface area contributed by atoms with Crippen LogP contribution >= 0.6 is 0 Å². The van der Waals surface area contributed by atoms with Crippen LogP contribution in [0.3, 0.4) is 0 Å². The summed E-state index contributed by atoms with van der Waals surface area (Å²) in [5.41, 5.74) is 2.39. The van der Waals surface area contributed by atoms with Crippen LogP contribution in [-0.2, 0) is 21.2 Å². The van der Waals surface area contributed by atoms with Crippen molar-refractivity contribution in [2.75, 3.05) is 11.5 Å². The molecule has 1 heterocycles. The van der Waals surface area contributed by atoms with Gasteiger partial charge in [0.05, 0.1) is 5.56 Å². The zero-order chi connectivity index (χ0) is 19.8. The Labute approximate surface area is 174 Å². The van der Waals surface area contributed by atoms with E-state index in [1.165, 1.54) is 34.8 Å². The third-order valence-corrected chi connectivity index (χ3v) is 8.66. The molecular weight excluding hydrogens is 376 g/mol. The first-order valence-electron chi connectivity index (χ1n) is 10.3. The second-order valence-corrected chi connectivity index (χ2v) is 10.4. The molecule has 0 spiro atoms. The number of benzene rings is 3. The minimum atomic E-state index is -0.633. The summed E-state index contributed by atoms with van der Waals surface area (Å²) in [4.78, 5) is 14.6. The summed E-state index contributed by atoms with van der Waals surface area (Å²) in [6.45, 7) is 2.05. The Morgan fingerprint density at radius 3 is 2.48 bits per heavy atom. The summed E-state index contributed by atoms with van der Waals surface area (Å²) < 4.78 is 6.17. The summed E-state index contributed by atoms with van der Waals surface area (Å²) in [6.07, 6.45) is 5.74. The molecule has 3 aromatic carbocycles. The monoisotopic (exact) mass is 401 g/mol. The van der Waals surface area contributed by atoms with Crippen molar-refractivity contribution in [1.29, 1.82) is 0 Å². The molecule has 1 aliphatic carbocycles. The predicted molar refractivity (Wildman–Crippen MR) is 122 cm³/mol. The molecule has 0 radical (unpaired) electrons. The predicted octanol–water partition coefficient (Wildman–Crippen LogP) is 6.07. The van der Waals surface area contributed by atoms with Crippen LogP contribution in [0.1, 0.15) is 47.7 Å². The highest BCUT2D eigenvalue weighted by atomic mass is 32.2. The van der Waals surface area contributed by atoms with Gasteiger partial charge in [0.25, 0.3) is 0 Å². The molecule has 0 saturated carbocycles. The van der Waals surface area contributed by atoms with E-state index in [4.69, 9.17) is 4.74 Å². The van der Waals surface area contributed by atoms with Crippen LogP contribution in [0.5, 0.6) is 0 Å². The highest BCUT2D eigenvalue weighted by Gasteiger charge is 2.41. The van der Waals surface area contributed by atoms with Crippen molar-refractivity contribution < 1.29 is 9.53 Å². The Hall–Kier alpha value is -2.52. The molecule has 29 heavy (non-hydrogen) atoms. The molecule has 1 atom stereocenters. The van der Waals surface area contributed by atoms with E-state index in [9.17, 15) is 4.79 Å². The molecule has 2 nitrogen and oxygen atoms in total. The second-order valence-electron chi connectivity index (χ2n) is 8.11. The third-order valence-electron chi connectivity index (χ3n) is 6.08. The molecule has 3 heteroatoms. The third kappa shape index (κ3) is 3.38. The SMILES string of the molecule is CC1(OC(=O)c2ccc3ccccc3c2)CC=C([S+]2CCCC2)c2ccccc21. The van der Waals surface area contributed by atoms with Crippen molar-refractivity contribution in [1.82, 2.24) is 0 Å². The second kappa shape index (κ2) is 7.38. The maximum Gasteiger partial charge on any atom is 0.339 e. The minimum absolute atomic E-state index is 0.256. The molecule has 2 aliphatic rings. The number of ether oxygens (including phenoxy) is 1. The fourth-order valence-electron chi connectivity index (χ4n) is 4.49. The average molecular weight is 402 g/mol. The average Bonchev–Trinajstić information content (AvgIpc) is 3.28. The van der Waals surface area contributed by atoms with E-state index >= 15 is 0 Å². The summed E-state index contributed by atoms with van der Waals surface area (Å²) in [5, 5.41) is 2.18. The van der Waals surface area contributed by atoms with Gasteiger partial charge in [-0.25, -0.2) is 4.79 Å². The Bertz CT molecular complexity index is 1110. The summed E-state index contributed by atoms with van der Waals surface area (Å²) in [6, 6.07) is 22.4. The smallest absolute Gasteiger partial charge is 0.339 e. The van der Waals surface area contributed by atoms with Gasteiger partial charge in [-0.1, -0.05) is 48.5 Å². The van der Waals surface area contributed by atoms with Crippen LogP contribution in [0.2, 0.25) is 0 Å². The largest absolute Gasteiger partial charge is 0.451 e. The van der Waals surface area contributed by atoms with Gasteiger partial charge in [-0.15, -0.1) is 0 Å². The van der Waals surface area contributed by atoms with E-state index in [-0.39, 0.29) is 5.97 Å². The molecule has 0 amide bonds. The van der Waals surface area contributed by atoms with Crippen molar-refractivity contribution >= 4 is 32.5 Å². The molecule has 0 aromatic heterocycles. The molecule has 5 rings (SSSR count). The van der Waals surface area contributed by atoms with Gasteiger partial charge in [-0.3, -0.25) is 0 Å². The number of rotatable bonds is 3. The maximum atomic E-state index is 13.1. The van der Waals surface area contributed by atoms with E-state index in [0.717, 1.165) is 22.8 Å². The number of carbonyl (C=O) groups is 1. The van der Waals surface area contributed by atoms with Crippen molar-refractivity contribution in [2.24, 2.45) is 0 Å². The molecule has 0 bridgehead atoms. The Kier molecular flexibility index (Phi) is 4.71. The number of carbonyl (C=O) groups excluding carboxylic acids is 1. The van der Waals surface area contributed by atoms with Crippen molar-refractivity contribution in [2.45, 2.75) is 31.8 Å². The molecule has 0 N–H and O–H groups in total. The Balaban J connectivity index is 1.46. The first kappa shape index (κ1) is 18.5. The summed E-state index contributed by atoms with van der Waals surface area (Å²) >= 11 is 0. The quantitative estimate of drug-likeness (QED) is 0.393. The fraction of sp³-hybridized carbons (Fsp3) is 0.269. The van der Waals surface area contributed by atoms with Gasteiger partial charge in [-0.05, 0) is 54.8 Å².